The monoisotopic (exact) mass is 278 g/mol. The molecule has 1 N–H and O–H groups in total. The van der Waals surface area contributed by atoms with Gasteiger partial charge in [-0.2, -0.15) is 0 Å². The van der Waals surface area contributed by atoms with Gasteiger partial charge in [-0.15, -0.1) is 0 Å². The van der Waals surface area contributed by atoms with Crippen LogP contribution in [0.4, 0.5) is 0 Å². The summed E-state index contributed by atoms with van der Waals surface area (Å²) in [7, 11) is -0.303. The van der Waals surface area contributed by atoms with Crippen LogP contribution in [0.25, 0.3) is 0 Å². The number of halogens is 2. The second kappa shape index (κ2) is 4.14. The molecule has 0 saturated carbocycles. The normalized spacial score (nSPS) is 9.36. The summed E-state index contributed by atoms with van der Waals surface area (Å²) < 4.78 is 6.69. The van der Waals surface area contributed by atoms with Crippen molar-refractivity contribution in [1.82, 2.24) is 0 Å². The fraction of sp³-hybridized carbons (Fsp3) is 0. The maximum atomic E-state index is 8.45. The summed E-state index contributed by atoms with van der Waals surface area (Å²) in [5.41, 5.74) is 0. The Hall–Kier alpha value is 0.00494. The van der Waals surface area contributed by atoms with Gasteiger partial charge in [-0.3, -0.25) is 0 Å². The third-order valence-electron chi connectivity index (χ3n) is 1.07. The van der Waals surface area contributed by atoms with Gasteiger partial charge in [-0.25, -0.2) is 0 Å². The molecule has 58 valence electrons. The number of hydrogen-bond acceptors (Lipinski definition) is 2. The lowest BCUT2D eigenvalue weighted by molar-refractivity contribution is 0.453. The Morgan fingerprint density at radius 1 is 1.18 bits per heavy atom. The molecule has 0 atom stereocenters. The topological polar surface area (TPSA) is 29.5 Å². The van der Waals surface area contributed by atoms with Gasteiger partial charge >= 0.3 is 7.69 Å². The Labute approximate surface area is 82.1 Å². The van der Waals surface area contributed by atoms with Crippen molar-refractivity contribution in [3.8, 4) is 5.75 Å². The molecule has 1 aromatic carbocycles. The van der Waals surface area contributed by atoms with E-state index in [0.29, 0.717) is 5.75 Å². The summed E-state index contributed by atoms with van der Waals surface area (Å²) in [4.78, 5) is 0. The Morgan fingerprint density at radius 3 is 2.18 bits per heavy atom. The Morgan fingerprint density at radius 2 is 1.73 bits per heavy atom. The molecule has 1 aromatic rings. The average Bonchev–Trinajstić information content (AvgIpc) is 1.85. The number of benzene rings is 1. The molecule has 0 aliphatic rings. The number of rotatable bonds is 2. The minimum Gasteiger partial charge on any atom is -0.539 e. The third-order valence-corrected chi connectivity index (χ3v) is 1.98. The van der Waals surface area contributed by atoms with Gasteiger partial charge in [0.15, 0.2) is 0 Å². The molecule has 1 rings (SSSR count). The van der Waals surface area contributed by atoms with E-state index in [0.717, 1.165) is 8.95 Å². The Kier molecular flexibility index (Phi) is 3.42. The highest BCUT2D eigenvalue weighted by Crippen LogP contribution is 2.24. The third kappa shape index (κ3) is 2.85. The molecule has 0 bridgehead atoms. The fourth-order valence-corrected chi connectivity index (χ4v) is 1.94. The second-order valence-electron chi connectivity index (χ2n) is 1.88. The van der Waals surface area contributed by atoms with Crippen LogP contribution in [0.3, 0.4) is 0 Å². The summed E-state index contributed by atoms with van der Waals surface area (Å²) in [5.74, 6) is 0.633. The SMILES string of the molecule is OBOc1cc(Br)cc(Br)c1. The highest BCUT2D eigenvalue weighted by atomic mass is 79.9. The predicted octanol–water partition coefficient (Wildman–Crippen LogP) is 1.85. The van der Waals surface area contributed by atoms with Crippen LogP contribution in [0, 0.1) is 0 Å². The van der Waals surface area contributed by atoms with Gasteiger partial charge in [-0.1, -0.05) is 31.9 Å². The molecule has 5 heteroatoms. The van der Waals surface area contributed by atoms with Crippen LogP contribution in [0.5, 0.6) is 5.75 Å². The van der Waals surface area contributed by atoms with Crippen molar-refractivity contribution in [2.24, 2.45) is 0 Å². The second-order valence-corrected chi connectivity index (χ2v) is 3.71. The molecule has 0 aliphatic heterocycles. The van der Waals surface area contributed by atoms with E-state index in [1.165, 1.54) is 0 Å². The van der Waals surface area contributed by atoms with Crippen LogP contribution in [0.1, 0.15) is 0 Å². The van der Waals surface area contributed by atoms with Crippen molar-refractivity contribution < 1.29 is 9.68 Å². The van der Waals surface area contributed by atoms with E-state index in [-0.39, 0.29) is 7.69 Å². The highest BCUT2D eigenvalue weighted by Gasteiger charge is 1.97. The van der Waals surface area contributed by atoms with Crippen LogP contribution in [0.2, 0.25) is 0 Å². The van der Waals surface area contributed by atoms with E-state index < -0.39 is 0 Å². The molecule has 0 amide bonds. The Balaban J connectivity index is 2.89. The van der Waals surface area contributed by atoms with Crippen molar-refractivity contribution in [2.75, 3.05) is 0 Å². The molecule has 0 fully saturated rings. The van der Waals surface area contributed by atoms with Crippen molar-refractivity contribution >= 4 is 39.5 Å². The first-order valence-corrected chi connectivity index (χ1v) is 4.51. The fourth-order valence-electron chi connectivity index (χ4n) is 0.686. The molecule has 0 heterocycles. The first-order valence-electron chi connectivity index (χ1n) is 2.92. The molecule has 11 heavy (non-hydrogen) atoms. The smallest absolute Gasteiger partial charge is 0.504 e. The minimum absolute atomic E-state index is 0.303. The zero-order valence-electron chi connectivity index (χ0n) is 5.55. The van der Waals surface area contributed by atoms with Crippen LogP contribution in [0.15, 0.2) is 27.1 Å². The van der Waals surface area contributed by atoms with Crippen LogP contribution >= 0.6 is 31.9 Å². The zero-order chi connectivity index (χ0) is 8.27. The molecule has 0 aliphatic carbocycles. The van der Waals surface area contributed by atoms with Gasteiger partial charge in [0.2, 0.25) is 0 Å². The van der Waals surface area contributed by atoms with Gasteiger partial charge in [0.05, 0.1) is 0 Å². The van der Waals surface area contributed by atoms with Gasteiger partial charge < -0.3 is 9.68 Å². The van der Waals surface area contributed by atoms with Gasteiger partial charge in [-0.05, 0) is 18.2 Å². The van der Waals surface area contributed by atoms with E-state index in [2.05, 4.69) is 31.9 Å². The quantitative estimate of drug-likeness (QED) is 0.837. The molecular formula is C6H5BBr2O2. The molecule has 2 nitrogen and oxygen atoms in total. The van der Waals surface area contributed by atoms with E-state index in [1.807, 2.05) is 6.07 Å². The van der Waals surface area contributed by atoms with Crippen LogP contribution in [-0.2, 0) is 0 Å². The van der Waals surface area contributed by atoms with Gasteiger partial charge in [0.25, 0.3) is 0 Å². The molecule has 0 spiro atoms. The lowest BCUT2D eigenvalue weighted by atomic mass is 10.3. The molecule has 0 radical (unpaired) electrons. The van der Waals surface area contributed by atoms with Gasteiger partial charge in [0.1, 0.15) is 5.75 Å². The first kappa shape index (κ1) is 9.10. The van der Waals surface area contributed by atoms with Gasteiger partial charge in [0, 0.05) is 8.95 Å². The molecule has 0 saturated heterocycles. The molecular weight excluding hydrogens is 275 g/mol. The standard InChI is InChI=1S/C6H5BBr2O2/c8-4-1-5(9)3-6(2-4)11-7-10/h1-3,7,10H. The van der Waals surface area contributed by atoms with E-state index in [9.17, 15) is 0 Å². The maximum Gasteiger partial charge on any atom is 0.504 e. The minimum atomic E-state index is -0.303. The highest BCUT2D eigenvalue weighted by molar-refractivity contribution is 9.11. The largest absolute Gasteiger partial charge is 0.539 e. The summed E-state index contributed by atoms with van der Waals surface area (Å²) >= 11 is 6.58. The zero-order valence-corrected chi connectivity index (χ0v) is 8.72. The summed E-state index contributed by atoms with van der Waals surface area (Å²) in [6.45, 7) is 0. The van der Waals surface area contributed by atoms with E-state index in [4.69, 9.17) is 9.68 Å². The lowest BCUT2D eigenvalue weighted by Gasteiger charge is -2.02. The summed E-state index contributed by atoms with van der Waals surface area (Å²) in [5, 5.41) is 8.45. The summed E-state index contributed by atoms with van der Waals surface area (Å²) in [6, 6.07) is 5.45. The lowest BCUT2D eigenvalue weighted by Crippen LogP contribution is -1.99. The van der Waals surface area contributed by atoms with Crippen molar-refractivity contribution in [1.29, 1.82) is 0 Å². The molecule has 0 unspecified atom stereocenters. The number of hydrogen-bond donors (Lipinski definition) is 1. The van der Waals surface area contributed by atoms with Crippen molar-refractivity contribution in [3.05, 3.63) is 27.1 Å². The maximum absolute atomic E-state index is 8.45. The van der Waals surface area contributed by atoms with E-state index >= 15 is 0 Å². The average molecular weight is 280 g/mol. The molecule has 0 aromatic heterocycles. The van der Waals surface area contributed by atoms with Crippen molar-refractivity contribution in [2.45, 2.75) is 0 Å². The summed E-state index contributed by atoms with van der Waals surface area (Å²) in [6.07, 6.45) is 0. The van der Waals surface area contributed by atoms with Crippen LogP contribution < -0.4 is 4.65 Å². The van der Waals surface area contributed by atoms with Crippen molar-refractivity contribution in [3.63, 3.8) is 0 Å². The Bertz CT molecular complexity index is 234. The first-order chi connectivity index (χ1) is 5.22. The van der Waals surface area contributed by atoms with E-state index in [1.54, 1.807) is 12.1 Å². The van der Waals surface area contributed by atoms with Crippen LogP contribution in [-0.4, -0.2) is 12.7 Å². The predicted molar refractivity (Wildman–Crippen MR) is 51.8 cm³/mol.